The van der Waals surface area contributed by atoms with Gasteiger partial charge < -0.3 is 0 Å². The molecule has 0 saturated carbocycles. The van der Waals surface area contributed by atoms with Gasteiger partial charge >= 0.3 is 0 Å². The molecule has 0 radical (unpaired) electrons. The number of amidine groups is 2. The molecule has 4 nitrogen and oxygen atoms in total. The maximum atomic E-state index is 9.28. The van der Waals surface area contributed by atoms with Gasteiger partial charge in [0.2, 0.25) is 0 Å². The van der Waals surface area contributed by atoms with Crippen LogP contribution in [0.1, 0.15) is 33.4 Å². The van der Waals surface area contributed by atoms with Crippen molar-refractivity contribution in [3.63, 3.8) is 0 Å². The summed E-state index contributed by atoms with van der Waals surface area (Å²) in [7, 11) is 0. The number of hydrogen-bond acceptors (Lipinski definition) is 3. The number of nitrogens with one attached hydrogen (secondary N) is 2. The van der Waals surface area contributed by atoms with Gasteiger partial charge in [-0.15, -0.1) is 0 Å². The minimum Gasteiger partial charge on any atom is -0.284 e. The van der Waals surface area contributed by atoms with Crippen LogP contribution in [-0.2, 0) is 0 Å². The second kappa shape index (κ2) is 7.89. The first kappa shape index (κ1) is 19.1. The molecule has 3 aromatic carbocycles. The molecule has 4 heteroatoms. The van der Waals surface area contributed by atoms with Crippen LogP contribution in [0.25, 0.3) is 0 Å². The van der Waals surface area contributed by atoms with E-state index >= 15 is 0 Å². The number of aryl methyl sites for hydroxylation is 3. The predicted molar refractivity (Wildman–Crippen MR) is 114 cm³/mol. The van der Waals surface area contributed by atoms with E-state index in [4.69, 9.17) is 10.8 Å². The average Bonchev–Trinajstić information content (AvgIpc) is 2.70. The Balaban J connectivity index is 2.22. The molecule has 0 atom stereocenters. The van der Waals surface area contributed by atoms with Gasteiger partial charge in [0.25, 0.3) is 0 Å². The van der Waals surface area contributed by atoms with Crippen LogP contribution < -0.4 is 4.90 Å². The molecule has 138 valence electrons. The average molecular weight is 366 g/mol. The second-order valence-electron chi connectivity index (χ2n) is 6.78. The van der Waals surface area contributed by atoms with E-state index in [1.54, 1.807) is 17.0 Å². The van der Waals surface area contributed by atoms with Gasteiger partial charge in [0, 0.05) is 11.1 Å². The second-order valence-corrected chi connectivity index (χ2v) is 6.78. The van der Waals surface area contributed by atoms with Crippen LogP contribution in [0.5, 0.6) is 0 Å². The molecule has 28 heavy (non-hydrogen) atoms. The number of anilines is 1. The molecule has 0 amide bonds. The smallest absolute Gasteiger partial charge is 0.138 e. The SMILES string of the molecule is Cc1ccccc1C(=N)N(C(=N)c1ccccc1)c1c(C)cc(C#N)cc1C. The van der Waals surface area contributed by atoms with Crippen molar-refractivity contribution in [2.45, 2.75) is 20.8 Å². The molecule has 0 aromatic heterocycles. The Morgan fingerprint density at radius 1 is 0.786 bits per heavy atom. The monoisotopic (exact) mass is 366 g/mol. The summed E-state index contributed by atoms with van der Waals surface area (Å²) in [4.78, 5) is 1.67. The molecule has 2 N–H and O–H groups in total. The summed E-state index contributed by atoms with van der Waals surface area (Å²) in [6.07, 6.45) is 0. The van der Waals surface area contributed by atoms with Crippen LogP contribution in [0, 0.1) is 42.9 Å². The van der Waals surface area contributed by atoms with Gasteiger partial charge in [-0.2, -0.15) is 5.26 Å². The van der Waals surface area contributed by atoms with E-state index in [9.17, 15) is 5.26 Å². The summed E-state index contributed by atoms with van der Waals surface area (Å²) in [6, 6.07) is 22.9. The van der Waals surface area contributed by atoms with Crippen molar-refractivity contribution < 1.29 is 0 Å². The van der Waals surface area contributed by atoms with Gasteiger partial charge in [-0.25, -0.2) is 0 Å². The Morgan fingerprint density at radius 3 is 1.93 bits per heavy atom. The number of nitriles is 1. The molecule has 0 fully saturated rings. The number of nitrogens with zero attached hydrogens (tertiary/aromatic N) is 2. The first-order valence-electron chi connectivity index (χ1n) is 9.04. The third kappa shape index (κ3) is 3.56. The summed E-state index contributed by atoms with van der Waals surface area (Å²) >= 11 is 0. The maximum Gasteiger partial charge on any atom is 0.138 e. The van der Waals surface area contributed by atoms with Crippen molar-refractivity contribution in [3.05, 3.63) is 100 Å². The highest BCUT2D eigenvalue weighted by Crippen LogP contribution is 2.30. The Hall–Kier alpha value is -3.71. The lowest BCUT2D eigenvalue weighted by Crippen LogP contribution is -2.38. The van der Waals surface area contributed by atoms with Gasteiger partial charge in [-0.3, -0.25) is 15.7 Å². The van der Waals surface area contributed by atoms with E-state index in [-0.39, 0.29) is 11.7 Å². The molecule has 3 aromatic rings. The van der Waals surface area contributed by atoms with Gasteiger partial charge in [0.1, 0.15) is 11.7 Å². The third-order valence-corrected chi connectivity index (χ3v) is 4.74. The molecular weight excluding hydrogens is 344 g/mol. The largest absolute Gasteiger partial charge is 0.284 e. The molecule has 0 heterocycles. The zero-order valence-electron chi connectivity index (χ0n) is 16.2. The maximum absolute atomic E-state index is 9.28. The minimum atomic E-state index is 0.227. The summed E-state index contributed by atoms with van der Waals surface area (Å²) in [5.74, 6) is 0.465. The Kier molecular flexibility index (Phi) is 5.37. The molecule has 0 aliphatic carbocycles. The standard InChI is InChI=1S/C24H22N4/c1-16-9-7-8-12-21(16)24(27)28(23(26)20-10-5-4-6-11-20)22-17(2)13-19(15-25)14-18(22)3/h4-14,26-27H,1-3H3. The molecular formula is C24H22N4. The van der Waals surface area contributed by atoms with E-state index in [0.717, 1.165) is 33.5 Å². The van der Waals surface area contributed by atoms with Crippen LogP contribution in [-0.4, -0.2) is 11.7 Å². The lowest BCUT2D eigenvalue weighted by atomic mass is 10.0. The van der Waals surface area contributed by atoms with Crippen molar-refractivity contribution in [3.8, 4) is 6.07 Å². The van der Waals surface area contributed by atoms with Crippen LogP contribution >= 0.6 is 0 Å². The number of benzene rings is 3. The molecule has 0 aliphatic heterocycles. The first-order valence-corrected chi connectivity index (χ1v) is 9.04. The van der Waals surface area contributed by atoms with E-state index in [0.29, 0.717) is 5.56 Å². The minimum absolute atomic E-state index is 0.227. The van der Waals surface area contributed by atoms with Crippen molar-refractivity contribution >= 4 is 17.4 Å². The molecule has 0 aliphatic rings. The molecule has 0 spiro atoms. The highest BCUT2D eigenvalue weighted by molar-refractivity contribution is 6.28. The van der Waals surface area contributed by atoms with Gasteiger partial charge in [-0.05, 0) is 49.6 Å². The molecule has 0 bridgehead atoms. The lowest BCUT2D eigenvalue weighted by Gasteiger charge is -2.30. The van der Waals surface area contributed by atoms with Crippen molar-refractivity contribution in [2.24, 2.45) is 0 Å². The van der Waals surface area contributed by atoms with Crippen LogP contribution in [0.4, 0.5) is 5.69 Å². The van der Waals surface area contributed by atoms with E-state index in [2.05, 4.69) is 6.07 Å². The summed E-state index contributed by atoms with van der Waals surface area (Å²) in [5, 5.41) is 27.1. The Morgan fingerprint density at radius 2 is 1.36 bits per heavy atom. The van der Waals surface area contributed by atoms with E-state index in [1.807, 2.05) is 75.4 Å². The zero-order valence-corrected chi connectivity index (χ0v) is 16.2. The first-order chi connectivity index (χ1) is 13.4. The highest BCUT2D eigenvalue weighted by Gasteiger charge is 2.24. The third-order valence-electron chi connectivity index (χ3n) is 4.74. The van der Waals surface area contributed by atoms with Crippen LogP contribution in [0.15, 0.2) is 66.7 Å². The Bertz CT molecular complexity index is 1070. The Labute approximate surface area is 165 Å². The molecule has 3 rings (SSSR count). The lowest BCUT2D eigenvalue weighted by molar-refractivity contribution is 1.22. The summed E-state index contributed by atoms with van der Waals surface area (Å²) < 4.78 is 0. The zero-order chi connectivity index (χ0) is 20.3. The van der Waals surface area contributed by atoms with Crippen LogP contribution in [0.3, 0.4) is 0 Å². The van der Waals surface area contributed by atoms with Crippen molar-refractivity contribution in [1.29, 1.82) is 16.1 Å². The quantitative estimate of drug-likeness (QED) is 0.485. The van der Waals surface area contributed by atoms with E-state index < -0.39 is 0 Å². The predicted octanol–water partition coefficient (Wildman–Crippen LogP) is 5.34. The highest BCUT2D eigenvalue weighted by atomic mass is 15.2. The van der Waals surface area contributed by atoms with Crippen molar-refractivity contribution in [2.75, 3.05) is 4.90 Å². The summed E-state index contributed by atoms with van der Waals surface area (Å²) in [6.45, 7) is 5.80. The van der Waals surface area contributed by atoms with Crippen LogP contribution in [0.2, 0.25) is 0 Å². The molecule has 0 unspecified atom stereocenters. The van der Waals surface area contributed by atoms with E-state index in [1.165, 1.54) is 0 Å². The van der Waals surface area contributed by atoms with Gasteiger partial charge in [0.15, 0.2) is 0 Å². The fraction of sp³-hybridized carbons (Fsp3) is 0.125. The fourth-order valence-electron chi connectivity index (χ4n) is 3.39. The van der Waals surface area contributed by atoms with Gasteiger partial charge in [-0.1, -0.05) is 54.6 Å². The number of rotatable bonds is 3. The topological polar surface area (TPSA) is 74.7 Å². The summed E-state index contributed by atoms with van der Waals surface area (Å²) in [5.41, 5.74) is 5.53. The van der Waals surface area contributed by atoms with Gasteiger partial charge in [0.05, 0.1) is 17.3 Å². The van der Waals surface area contributed by atoms with Crippen molar-refractivity contribution in [1.82, 2.24) is 0 Å². The normalized spacial score (nSPS) is 10.2. The molecule has 0 saturated heterocycles. The fourth-order valence-corrected chi connectivity index (χ4v) is 3.39. The number of hydrogen-bond donors (Lipinski definition) is 2.